The van der Waals surface area contributed by atoms with Gasteiger partial charge in [-0.3, -0.25) is 19.3 Å². The molecule has 172 valence electrons. The fraction of sp³-hybridized carbons (Fsp3) is 0.182. The highest BCUT2D eigenvalue weighted by molar-refractivity contribution is 9.10. The number of rotatable bonds is 9. The molecule has 3 amide bonds. The van der Waals surface area contributed by atoms with Gasteiger partial charge in [0.15, 0.2) is 18.1 Å². The number of amides is 3. The number of aliphatic carboxylic acids is 1. The quantitative estimate of drug-likeness (QED) is 0.463. The van der Waals surface area contributed by atoms with E-state index in [2.05, 4.69) is 21.2 Å². The van der Waals surface area contributed by atoms with Crippen LogP contribution < -0.4 is 14.8 Å². The van der Waals surface area contributed by atoms with Gasteiger partial charge < -0.3 is 19.9 Å². The van der Waals surface area contributed by atoms with Gasteiger partial charge in [-0.15, -0.1) is 0 Å². The van der Waals surface area contributed by atoms with Crippen molar-refractivity contribution in [3.05, 3.63) is 57.4 Å². The molecule has 0 saturated carbocycles. The monoisotopic (exact) mass is 534 g/mol. The highest BCUT2D eigenvalue weighted by Gasteiger charge is 2.35. The molecule has 33 heavy (non-hydrogen) atoms. The number of hydrogen-bond donors (Lipinski definition) is 2. The standard InChI is InChI=1S/C22H19BrN2O7S/c1-31-17-10-13(2-7-16(17)32-12-20(27)28)11-18-21(29)25(22(30)33-18)9-8-19(26)24-15-5-3-14(23)4-6-15/h2-7,10-11H,8-9,12H2,1H3,(H,24,26)(H,27,28)/b18-11-. The summed E-state index contributed by atoms with van der Waals surface area (Å²) in [6.07, 6.45) is 1.49. The van der Waals surface area contributed by atoms with Crippen LogP contribution in [-0.2, 0) is 14.4 Å². The number of thioether (sulfide) groups is 1. The van der Waals surface area contributed by atoms with Crippen molar-refractivity contribution in [2.75, 3.05) is 25.6 Å². The number of anilines is 1. The average molecular weight is 535 g/mol. The van der Waals surface area contributed by atoms with E-state index in [9.17, 15) is 19.2 Å². The number of carboxylic acids is 1. The number of methoxy groups -OCH3 is 1. The van der Waals surface area contributed by atoms with Gasteiger partial charge >= 0.3 is 5.97 Å². The summed E-state index contributed by atoms with van der Waals surface area (Å²) in [7, 11) is 1.40. The first-order valence-electron chi connectivity index (χ1n) is 9.60. The molecule has 0 aliphatic carbocycles. The number of nitrogens with one attached hydrogen (secondary N) is 1. The Labute approximate surface area is 201 Å². The number of benzene rings is 2. The molecule has 1 aliphatic rings. The van der Waals surface area contributed by atoms with Crippen LogP contribution in [0, 0.1) is 0 Å². The number of carbonyl (C=O) groups excluding carboxylic acids is 3. The Bertz CT molecular complexity index is 1120. The molecule has 0 unspecified atom stereocenters. The molecule has 9 nitrogen and oxygen atoms in total. The average Bonchev–Trinajstić information content (AvgIpc) is 3.05. The lowest BCUT2D eigenvalue weighted by Gasteiger charge is -2.12. The largest absolute Gasteiger partial charge is 0.493 e. The van der Waals surface area contributed by atoms with Gasteiger partial charge in [0.1, 0.15) is 0 Å². The summed E-state index contributed by atoms with van der Waals surface area (Å²) in [5, 5.41) is 11.0. The van der Waals surface area contributed by atoms with Crippen LogP contribution in [0.4, 0.5) is 10.5 Å². The number of carboxylic acid groups (broad SMARTS) is 1. The number of carbonyl (C=O) groups is 4. The second-order valence-electron chi connectivity index (χ2n) is 6.73. The highest BCUT2D eigenvalue weighted by Crippen LogP contribution is 2.34. The highest BCUT2D eigenvalue weighted by atomic mass is 79.9. The molecule has 1 heterocycles. The van der Waals surface area contributed by atoms with Crippen LogP contribution in [0.1, 0.15) is 12.0 Å². The zero-order valence-electron chi connectivity index (χ0n) is 17.4. The van der Waals surface area contributed by atoms with Gasteiger partial charge in [-0.25, -0.2) is 4.79 Å². The van der Waals surface area contributed by atoms with Crippen LogP contribution in [-0.4, -0.2) is 53.3 Å². The smallest absolute Gasteiger partial charge is 0.341 e. The maximum atomic E-state index is 12.7. The molecule has 0 spiro atoms. The first kappa shape index (κ1) is 24.3. The summed E-state index contributed by atoms with van der Waals surface area (Å²) < 4.78 is 11.2. The van der Waals surface area contributed by atoms with Gasteiger partial charge in [-0.2, -0.15) is 0 Å². The molecular weight excluding hydrogens is 516 g/mol. The predicted molar refractivity (Wildman–Crippen MR) is 126 cm³/mol. The molecule has 1 saturated heterocycles. The summed E-state index contributed by atoms with van der Waals surface area (Å²) in [6, 6.07) is 11.7. The number of hydrogen-bond acceptors (Lipinski definition) is 7. The van der Waals surface area contributed by atoms with E-state index in [1.165, 1.54) is 19.3 Å². The summed E-state index contributed by atoms with van der Waals surface area (Å²) in [5.41, 5.74) is 1.18. The fourth-order valence-corrected chi connectivity index (χ4v) is 3.98. The fourth-order valence-electron chi connectivity index (χ4n) is 2.85. The van der Waals surface area contributed by atoms with Crippen molar-refractivity contribution < 1.29 is 33.8 Å². The second kappa shape index (κ2) is 11.0. The molecule has 2 aromatic carbocycles. The zero-order valence-corrected chi connectivity index (χ0v) is 19.8. The number of imide groups is 1. The predicted octanol–water partition coefficient (Wildman–Crippen LogP) is 3.99. The first-order chi connectivity index (χ1) is 15.8. The first-order valence-corrected chi connectivity index (χ1v) is 11.2. The van der Waals surface area contributed by atoms with Crippen molar-refractivity contribution in [2.24, 2.45) is 0 Å². The molecular formula is C22H19BrN2O7S. The molecule has 1 fully saturated rings. The van der Waals surface area contributed by atoms with E-state index in [4.69, 9.17) is 14.6 Å². The minimum atomic E-state index is -1.12. The zero-order chi connectivity index (χ0) is 24.0. The molecule has 2 aromatic rings. The van der Waals surface area contributed by atoms with E-state index in [-0.39, 0.29) is 35.3 Å². The van der Waals surface area contributed by atoms with E-state index < -0.39 is 23.7 Å². The Balaban J connectivity index is 1.63. The Kier molecular flexibility index (Phi) is 8.12. The molecule has 0 aromatic heterocycles. The minimum absolute atomic E-state index is 0.0369. The van der Waals surface area contributed by atoms with Crippen LogP contribution >= 0.6 is 27.7 Å². The van der Waals surface area contributed by atoms with Crippen LogP contribution in [0.5, 0.6) is 11.5 Å². The SMILES string of the molecule is COc1cc(/C=C2\SC(=O)N(CCC(=O)Nc3ccc(Br)cc3)C2=O)ccc1OCC(=O)O. The lowest BCUT2D eigenvalue weighted by Crippen LogP contribution is -2.31. The Morgan fingerprint density at radius 1 is 1.15 bits per heavy atom. The van der Waals surface area contributed by atoms with Crippen LogP contribution in [0.2, 0.25) is 0 Å². The summed E-state index contributed by atoms with van der Waals surface area (Å²) in [6.45, 7) is -0.570. The minimum Gasteiger partial charge on any atom is -0.493 e. The van der Waals surface area contributed by atoms with Crippen molar-refractivity contribution in [3.63, 3.8) is 0 Å². The van der Waals surface area contributed by atoms with Crippen molar-refractivity contribution in [1.82, 2.24) is 4.90 Å². The summed E-state index contributed by atoms with van der Waals surface area (Å²) in [4.78, 5) is 49.1. The third-order valence-corrected chi connectivity index (χ3v) is 5.84. The van der Waals surface area contributed by atoms with Gasteiger partial charge in [0.2, 0.25) is 5.91 Å². The second-order valence-corrected chi connectivity index (χ2v) is 8.64. The third kappa shape index (κ3) is 6.59. The van der Waals surface area contributed by atoms with E-state index in [1.807, 2.05) is 0 Å². The van der Waals surface area contributed by atoms with Crippen LogP contribution in [0.3, 0.4) is 0 Å². The maximum Gasteiger partial charge on any atom is 0.341 e. The van der Waals surface area contributed by atoms with Crippen molar-refractivity contribution >= 4 is 62.5 Å². The maximum absolute atomic E-state index is 12.7. The van der Waals surface area contributed by atoms with Gasteiger partial charge in [0.25, 0.3) is 11.1 Å². The van der Waals surface area contributed by atoms with Gasteiger partial charge in [-0.1, -0.05) is 22.0 Å². The summed E-state index contributed by atoms with van der Waals surface area (Å²) in [5.74, 6) is -1.41. The summed E-state index contributed by atoms with van der Waals surface area (Å²) >= 11 is 4.09. The topological polar surface area (TPSA) is 122 Å². The Morgan fingerprint density at radius 2 is 1.88 bits per heavy atom. The molecule has 2 N–H and O–H groups in total. The third-order valence-electron chi connectivity index (χ3n) is 4.40. The molecule has 11 heteroatoms. The van der Waals surface area contributed by atoms with Gasteiger partial charge in [0.05, 0.1) is 12.0 Å². The number of ether oxygens (including phenoxy) is 2. The lowest BCUT2D eigenvalue weighted by atomic mass is 10.2. The number of halogens is 1. The van der Waals surface area contributed by atoms with Crippen molar-refractivity contribution in [3.8, 4) is 11.5 Å². The van der Waals surface area contributed by atoms with Crippen LogP contribution in [0.15, 0.2) is 51.8 Å². The van der Waals surface area contributed by atoms with Gasteiger partial charge in [-0.05, 0) is 59.8 Å². The van der Waals surface area contributed by atoms with E-state index >= 15 is 0 Å². The van der Waals surface area contributed by atoms with Gasteiger partial charge in [0, 0.05) is 23.1 Å². The van der Waals surface area contributed by atoms with Crippen molar-refractivity contribution in [1.29, 1.82) is 0 Å². The van der Waals surface area contributed by atoms with E-state index in [0.29, 0.717) is 11.3 Å². The Hall–Kier alpha value is -3.31. The molecule has 0 atom stereocenters. The van der Waals surface area contributed by atoms with Crippen molar-refractivity contribution in [2.45, 2.75) is 6.42 Å². The molecule has 0 radical (unpaired) electrons. The number of nitrogens with zero attached hydrogens (tertiary/aromatic N) is 1. The van der Waals surface area contributed by atoms with E-state index in [0.717, 1.165) is 21.1 Å². The lowest BCUT2D eigenvalue weighted by molar-refractivity contribution is -0.139. The van der Waals surface area contributed by atoms with E-state index in [1.54, 1.807) is 36.4 Å². The molecule has 0 bridgehead atoms. The normalized spacial score (nSPS) is 14.5. The Morgan fingerprint density at radius 3 is 2.55 bits per heavy atom. The molecule has 3 rings (SSSR count). The molecule has 1 aliphatic heterocycles. The van der Waals surface area contributed by atoms with Crippen LogP contribution in [0.25, 0.3) is 6.08 Å².